The average molecular weight is 497 g/mol. The fraction of sp³-hybridized carbons (Fsp3) is 0.609. The van der Waals surface area contributed by atoms with Gasteiger partial charge in [0.15, 0.2) is 9.84 Å². The number of likely N-dealkylation sites (tertiary alicyclic amines) is 1. The second-order valence-corrected chi connectivity index (χ2v) is 11.5. The van der Waals surface area contributed by atoms with E-state index < -0.39 is 32.3 Å². The van der Waals surface area contributed by atoms with Crippen LogP contribution >= 0.6 is 0 Å². The third-order valence-electron chi connectivity index (χ3n) is 6.69. The first-order valence-electron chi connectivity index (χ1n) is 11.6. The summed E-state index contributed by atoms with van der Waals surface area (Å²) in [4.78, 5) is 21.2. The average Bonchev–Trinajstić information content (AvgIpc) is 3.27. The molecule has 2 fully saturated rings. The van der Waals surface area contributed by atoms with Crippen molar-refractivity contribution in [1.82, 2.24) is 15.0 Å². The van der Waals surface area contributed by atoms with Gasteiger partial charge in [0.1, 0.15) is 11.6 Å². The summed E-state index contributed by atoms with van der Waals surface area (Å²) in [5, 5.41) is 4.06. The van der Waals surface area contributed by atoms with Crippen molar-refractivity contribution in [3.05, 3.63) is 35.2 Å². The number of benzene rings is 1. The van der Waals surface area contributed by atoms with Gasteiger partial charge in [0.2, 0.25) is 11.8 Å². The fourth-order valence-electron chi connectivity index (χ4n) is 4.73. The Morgan fingerprint density at radius 3 is 2.32 bits per heavy atom. The molecule has 11 heteroatoms. The van der Waals surface area contributed by atoms with Crippen LogP contribution in [0.3, 0.4) is 0 Å². The zero-order valence-corrected chi connectivity index (χ0v) is 20.4. The second-order valence-electron chi connectivity index (χ2n) is 9.52. The fourth-order valence-corrected chi connectivity index (χ4v) is 5.37. The van der Waals surface area contributed by atoms with Crippen molar-refractivity contribution in [2.75, 3.05) is 30.8 Å². The van der Waals surface area contributed by atoms with E-state index in [0.717, 1.165) is 37.7 Å². The number of carbonyl (C=O) groups excluding carboxylic acids is 1. The van der Waals surface area contributed by atoms with Crippen molar-refractivity contribution < 1.29 is 26.5 Å². The minimum Gasteiger partial charge on any atom is -0.339 e. The number of sulfone groups is 1. The molecular formula is C23H30F2N4O4S. The van der Waals surface area contributed by atoms with E-state index in [0.29, 0.717) is 37.9 Å². The zero-order valence-electron chi connectivity index (χ0n) is 19.6. The lowest BCUT2D eigenvalue weighted by molar-refractivity contribution is -0.141. The summed E-state index contributed by atoms with van der Waals surface area (Å²) in [6, 6.07) is 1.71. The third kappa shape index (κ3) is 5.08. The Balaban J connectivity index is 1.41. The van der Waals surface area contributed by atoms with Gasteiger partial charge in [0.05, 0.1) is 4.90 Å². The molecule has 8 nitrogen and oxygen atoms in total. The van der Waals surface area contributed by atoms with Gasteiger partial charge >= 0.3 is 0 Å². The highest BCUT2D eigenvalue weighted by Crippen LogP contribution is 2.30. The van der Waals surface area contributed by atoms with Gasteiger partial charge in [-0.15, -0.1) is 0 Å². The molecular weight excluding hydrogens is 466 g/mol. The molecule has 1 aromatic heterocycles. The maximum Gasteiger partial charge on any atom is 0.266 e. The Hall–Kier alpha value is -2.56. The molecule has 2 aliphatic rings. The molecule has 2 saturated heterocycles. The molecule has 4 rings (SSSR count). The Labute approximate surface area is 198 Å². The van der Waals surface area contributed by atoms with Crippen LogP contribution in [0.5, 0.6) is 0 Å². The summed E-state index contributed by atoms with van der Waals surface area (Å²) in [6.07, 6.45) is 3.60. The standard InChI is InChI=1S/C23H30F2N4O4S/c1-14(2)21-26-23(27-33-21)28-9-6-16(7-10-28)29-8-4-5-15(22(29)30)11-18-19(24)12-17(13-20(18)25)34(3,31)32/h12-16H,4-11H2,1-3H3/t15-/m1/s1. The molecule has 0 aliphatic carbocycles. The van der Waals surface area contributed by atoms with Crippen molar-refractivity contribution in [3.8, 4) is 0 Å². The number of carbonyl (C=O) groups is 1. The smallest absolute Gasteiger partial charge is 0.266 e. The van der Waals surface area contributed by atoms with Crippen LogP contribution in [-0.2, 0) is 21.1 Å². The number of rotatable bonds is 6. The van der Waals surface area contributed by atoms with Gasteiger partial charge in [-0.25, -0.2) is 17.2 Å². The number of hydrogen-bond acceptors (Lipinski definition) is 7. The van der Waals surface area contributed by atoms with Gasteiger partial charge in [0, 0.05) is 49.3 Å². The first-order chi connectivity index (χ1) is 16.0. The van der Waals surface area contributed by atoms with Crippen molar-refractivity contribution >= 4 is 21.7 Å². The Morgan fingerprint density at radius 2 is 1.76 bits per heavy atom. The van der Waals surface area contributed by atoms with Crippen LogP contribution in [-0.4, -0.2) is 61.3 Å². The topological polar surface area (TPSA) is 96.6 Å². The second kappa shape index (κ2) is 9.59. The van der Waals surface area contributed by atoms with Crippen molar-refractivity contribution in [1.29, 1.82) is 0 Å². The minimum absolute atomic E-state index is 0.0466. The molecule has 0 radical (unpaired) electrons. The van der Waals surface area contributed by atoms with E-state index in [-0.39, 0.29) is 29.9 Å². The normalized spacial score (nSPS) is 20.4. The van der Waals surface area contributed by atoms with Crippen LogP contribution in [0, 0.1) is 17.6 Å². The number of nitrogens with zero attached hydrogens (tertiary/aromatic N) is 4. The van der Waals surface area contributed by atoms with E-state index in [1.54, 1.807) is 0 Å². The lowest BCUT2D eigenvalue weighted by Gasteiger charge is -2.42. The maximum atomic E-state index is 14.6. The van der Waals surface area contributed by atoms with Crippen molar-refractivity contribution in [2.24, 2.45) is 5.92 Å². The molecule has 1 amide bonds. The number of halogens is 2. The van der Waals surface area contributed by atoms with E-state index in [9.17, 15) is 22.0 Å². The van der Waals surface area contributed by atoms with Crippen LogP contribution in [0.15, 0.2) is 21.6 Å². The van der Waals surface area contributed by atoms with Crippen LogP contribution < -0.4 is 4.90 Å². The number of anilines is 1. The first-order valence-corrected chi connectivity index (χ1v) is 13.5. The molecule has 34 heavy (non-hydrogen) atoms. The maximum absolute atomic E-state index is 14.6. The van der Waals surface area contributed by atoms with E-state index >= 15 is 0 Å². The Morgan fingerprint density at radius 1 is 1.12 bits per heavy atom. The Kier molecular flexibility index (Phi) is 6.93. The van der Waals surface area contributed by atoms with Gasteiger partial charge in [-0.05, 0) is 49.4 Å². The summed E-state index contributed by atoms with van der Waals surface area (Å²) in [7, 11) is -3.73. The molecule has 1 aromatic carbocycles. The molecule has 2 aliphatic heterocycles. The highest BCUT2D eigenvalue weighted by atomic mass is 32.2. The SMILES string of the molecule is CC(C)c1nc(N2CCC(N3CCC[C@H](Cc4c(F)cc(S(C)(=O)=O)cc4F)C3=O)CC2)no1. The summed E-state index contributed by atoms with van der Waals surface area (Å²) in [5.74, 6) is -1.19. The predicted molar refractivity (Wildman–Crippen MR) is 121 cm³/mol. The van der Waals surface area contributed by atoms with Gasteiger partial charge in [-0.1, -0.05) is 13.8 Å². The quantitative estimate of drug-likeness (QED) is 0.605. The number of piperidine rings is 2. The molecule has 2 aromatic rings. The molecule has 0 bridgehead atoms. The third-order valence-corrected chi connectivity index (χ3v) is 7.78. The number of aromatic nitrogens is 2. The van der Waals surface area contributed by atoms with Crippen molar-refractivity contribution in [3.63, 3.8) is 0 Å². The van der Waals surface area contributed by atoms with Crippen LogP contribution in [0.1, 0.15) is 56.9 Å². The van der Waals surface area contributed by atoms with Crippen molar-refractivity contribution in [2.45, 2.75) is 62.8 Å². The summed E-state index contributed by atoms with van der Waals surface area (Å²) in [6.45, 7) is 5.97. The van der Waals surface area contributed by atoms with E-state index in [1.165, 1.54) is 0 Å². The molecule has 1 atom stereocenters. The highest BCUT2D eigenvalue weighted by Gasteiger charge is 2.36. The number of hydrogen-bond donors (Lipinski definition) is 0. The van der Waals surface area contributed by atoms with E-state index in [1.807, 2.05) is 23.6 Å². The molecule has 3 heterocycles. The van der Waals surface area contributed by atoms with Crippen LogP contribution in [0.4, 0.5) is 14.7 Å². The summed E-state index contributed by atoms with van der Waals surface area (Å²) < 4.78 is 57.7. The van der Waals surface area contributed by atoms with Gasteiger partial charge < -0.3 is 14.3 Å². The summed E-state index contributed by atoms with van der Waals surface area (Å²) >= 11 is 0. The van der Waals surface area contributed by atoms with Gasteiger partial charge in [-0.2, -0.15) is 4.98 Å². The van der Waals surface area contributed by atoms with E-state index in [4.69, 9.17) is 4.52 Å². The molecule has 0 spiro atoms. The van der Waals surface area contributed by atoms with E-state index in [2.05, 4.69) is 10.1 Å². The largest absolute Gasteiger partial charge is 0.339 e. The van der Waals surface area contributed by atoms with Gasteiger partial charge in [0.25, 0.3) is 5.95 Å². The van der Waals surface area contributed by atoms with Gasteiger partial charge in [-0.3, -0.25) is 4.79 Å². The highest BCUT2D eigenvalue weighted by molar-refractivity contribution is 7.90. The first kappa shape index (κ1) is 24.6. The molecule has 0 saturated carbocycles. The predicted octanol–water partition coefficient (Wildman–Crippen LogP) is 3.32. The lowest BCUT2D eigenvalue weighted by atomic mass is 9.88. The molecule has 0 N–H and O–H groups in total. The number of amides is 1. The van der Waals surface area contributed by atoms with Crippen LogP contribution in [0.25, 0.3) is 0 Å². The van der Waals surface area contributed by atoms with Crippen LogP contribution in [0.2, 0.25) is 0 Å². The molecule has 0 unspecified atom stereocenters. The Bertz CT molecular complexity index is 1140. The lowest BCUT2D eigenvalue weighted by Crippen LogP contribution is -2.52. The summed E-state index contributed by atoms with van der Waals surface area (Å²) in [5.41, 5.74) is -0.236. The monoisotopic (exact) mass is 496 g/mol. The zero-order chi connectivity index (χ0) is 24.6. The minimum atomic E-state index is -3.73. The molecule has 186 valence electrons.